The highest BCUT2D eigenvalue weighted by molar-refractivity contribution is 7.22. The van der Waals surface area contributed by atoms with Gasteiger partial charge in [0.05, 0.1) is 30.0 Å². The van der Waals surface area contributed by atoms with Crippen LogP contribution in [-0.2, 0) is 9.59 Å². The summed E-state index contributed by atoms with van der Waals surface area (Å²) in [5, 5.41) is 12.1. The molecule has 7 nitrogen and oxygen atoms in total. The molecule has 0 radical (unpaired) electrons. The second kappa shape index (κ2) is 9.29. The van der Waals surface area contributed by atoms with Gasteiger partial charge in [-0.2, -0.15) is 0 Å². The highest BCUT2D eigenvalue weighted by atomic mass is 35.5. The van der Waals surface area contributed by atoms with Gasteiger partial charge >= 0.3 is 5.91 Å². The number of ether oxygens (including phenoxy) is 2. The number of hydrogen-bond acceptors (Lipinski definition) is 7. The van der Waals surface area contributed by atoms with E-state index in [-0.39, 0.29) is 11.3 Å². The van der Waals surface area contributed by atoms with E-state index in [0.717, 1.165) is 10.3 Å². The van der Waals surface area contributed by atoms with Crippen molar-refractivity contribution < 1.29 is 24.2 Å². The van der Waals surface area contributed by atoms with Crippen LogP contribution in [0.3, 0.4) is 0 Å². The number of Topliss-reactive ketones (excluding diaryl/α,β-unsaturated/α-hetero) is 1. The topological polar surface area (TPSA) is 89.0 Å². The molecule has 1 fully saturated rings. The van der Waals surface area contributed by atoms with E-state index in [0.29, 0.717) is 38.3 Å². The average Bonchev–Trinajstić information content (AvgIpc) is 3.41. The zero-order chi connectivity index (χ0) is 25.6. The van der Waals surface area contributed by atoms with Crippen molar-refractivity contribution in [1.29, 1.82) is 0 Å². The lowest BCUT2D eigenvalue weighted by molar-refractivity contribution is -0.132. The summed E-state index contributed by atoms with van der Waals surface area (Å²) in [6.45, 7) is 1.97. The third-order valence-electron chi connectivity index (χ3n) is 6.03. The van der Waals surface area contributed by atoms with Gasteiger partial charge in [-0.15, -0.1) is 0 Å². The van der Waals surface area contributed by atoms with E-state index in [2.05, 4.69) is 4.98 Å². The lowest BCUT2D eigenvalue weighted by atomic mass is 9.94. The molecule has 5 rings (SSSR count). The van der Waals surface area contributed by atoms with Crippen LogP contribution in [0.1, 0.15) is 22.7 Å². The van der Waals surface area contributed by atoms with Crippen LogP contribution in [0.15, 0.2) is 66.2 Å². The number of aliphatic hydroxyl groups excluding tert-OH is 1. The van der Waals surface area contributed by atoms with Crippen molar-refractivity contribution >= 4 is 55.7 Å². The monoisotopic (exact) mass is 520 g/mol. The van der Waals surface area contributed by atoms with E-state index in [4.69, 9.17) is 21.1 Å². The van der Waals surface area contributed by atoms with Crippen LogP contribution < -0.4 is 14.4 Å². The number of amides is 1. The number of nitrogens with zero attached hydrogens (tertiary/aromatic N) is 2. The van der Waals surface area contributed by atoms with Gasteiger partial charge in [-0.05, 0) is 67.1 Å². The van der Waals surface area contributed by atoms with Crippen molar-refractivity contribution in [3.8, 4) is 11.5 Å². The number of carbonyl (C=O) groups is 2. The van der Waals surface area contributed by atoms with E-state index < -0.39 is 17.7 Å². The van der Waals surface area contributed by atoms with Crippen LogP contribution in [0.25, 0.3) is 16.0 Å². The number of halogens is 1. The predicted molar refractivity (Wildman–Crippen MR) is 140 cm³/mol. The Bertz CT molecular complexity index is 1540. The predicted octanol–water partition coefficient (Wildman–Crippen LogP) is 5.90. The average molecular weight is 521 g/mol. The van der Waals surface area contributed by atoms with Gasteiger partial charge in [-0.3, -0.25) is 14.5 Å². The second-order valence-corrected chi connectivity index (χ2v) is 9.70. The highest BCUT2D eigenvalue weighted by Gasteiger charge is 2.49. The number of aryl methyl sites for hydroxylation is 1. The number of rotatable bonds is 5. The fourth-order valence-electron chi connectivity index (χ4n) is 4.26. The normalized spacial score (nSPS) is 17.1. The molecule has 9 heteroatoms. The number of methoxy groups -OCH3 is 2. The van der Waals surface area contributed by atoms with E-state index in [1.807, 2.05) is 25.1 Å². The maximum atomic E-state index is 13.5. The Kier molecular flexibility index (Phi) is 6.15. The molecular formula is C27H21ClN2O5S. The first-order valence-corrected chi connectivity index (χ1v) is 12.2. The second-order valence-electron chi connectivity index (χ2n) is 8.25. The number of aliphatic hydroxyl groups is 1. The molecule has 1 N–H and O–H groups in total. The molecule has 0 aliphatic carbocycles. The zero-order valence-electron chi connectivity index (χ0n) is 19.6. The molecule has 1 saturated heterocycles. The Morgan fingerprint density at radius 3 is 2.47 bits per heavy atom. The molecule has 3 aromatic carbocycles. The molecule has 0 bridgehead atoms. The lowest BCUT2D eigenvalue weighted by Gasteiger charge is -2.25. The summed E-state index contributed by atoms with van der Waals surface area (Å²) in [6.07, 6.45) is 0. The molecule has 182 valence electrons. The van der Waals surface area contributed by atoms with Crippen LogP contribution in [0, 0.1) is 6.92 Å². The molecule has 2 heterocycles. The van der Waals surface area contributed by atoms with Crippen molar-refractivity contribution in [3.05, 3.63) is 87.9 Å². The van der Waals surface area contributed by atoms with E-state index in [9.17, 15) is 14.7 Å². The number of thiazole rings is 1. The summed E-state index contributed by atoms with van der Waals surface area (Å²) >= 11 is 7.31. The molecule has 36 heavy (non-hydrogen) atoms. The third kappa shape index (κ3) is 3.98. The van der Waals surface area contributed by atoms with Gasteiger partial charge < -0.3 is 14.6 Å². The summed E-state index contributed by atoms with van der Waals surface area (Å²) in [5.41, 5.74) is 2.50. The number of carbonyl (C=O) groups excluding carboxylic acids is 2. The Morgan fingerprint density at radius 1 is 1.03 bits per heavy atom. The Balaban J connectivity index is 1.78. The zero-order valence-corrected chi connectivity index (χ0v) is 21.2. The molecule has 4 aromatic rings. The SMILES string of the molecule is COc1ccc(OC)c(C2C(=C(O)c3ccc(Cl)cc3)C(=O)C(=O)N2c2nc3ccc(C)cc3s2)c1. The number of hydrogen-bond donors (Lipinski definition) is 1. The first kappa shape index (κ1) is 23.8. The molecule has 1 amide bonds. The van der Waals surface area contributed by atoms with Crippen LogP contribution in [-0.4, -0.2) is 36.0 Å². The maximum absolute atomic E-state index is 13.5. The lowest BCUT2D eigenvalue weighted by Crippen LogP contribution is -2.29. The van der Waals surface area contributed by atoms with Crippen LogP contribution >= 0.6 is 22.9 Å². The van der Waals surface area contributed by atoms with Crippen LogP contribution in [0.4, 0.5) is 5.13 Å². The van der Waals surface area contributed by atoms with Gasteiger partial charge in [0.15, 0.2) is 5.13 Å². The smallest absolute Gasteiger partial charge is 0.301 e. The van der Waals surface area contributed by atoms with Gasteiger partial charge in [0, 0.05) is 16.1 Å². The number of benzene rings is 3. The van der Waals surface area contributed by atoms with Crippen molar-refractivity contribution in [2.75, 3.05) is 19.1 Å². The molecule has 1 atom stereocenters. The van der Waals surface area contributed by atoms with Crippen molar-refractivity contribution in [2.24, 2.45) is 0 Å². The van der Waals surface area contributed by atoms with E-state index in [1.165, 1.54) is 30.5 Å². The molecular weight excluding hydrogens is 500 g/mol. The van der Waals surface area contributed by atoms with E-state index >= 15 is 0 Å². The van der Waals surface area contributed by atoms with E-state index in [1.54, 1.807) is 42.5 Å². The first-order valence-electron chi connectivity index (χ1n) is 11.0. The number of aromatic nitrogens is 1. The first-order chi connectivity index (χ1) is 17.3. The summed E-state index contributed by atoms with van der Waals surface area (Å²) in [5.74, 6) is -1.02. The summed E-state index contributed by atoms with van der Waals surface area (Å²) < 4.78 is 11.9. The van der Waals surface area contributed by atoms with Gasteiger partial charge in [0.2, 0.25) is 0 Å². The van der Waals surface area contributed by atoms with Crippen LogP contribution in [0.2, 0.25) is 5.02 Å². The summed E-state index contributed by atoms with van der Waals surface area (Å²) in [4.78, 5) is 32.9. The number of fused-ring (bicyclic) bond motifs is 1. The van der Waals surface area contributed by atoms with Gasteiger partial charge in [0.25, 0.3) is 5.78 Å². The Hall–Kier alpha value is -3.88. The molecule has 1 unspecified atom stereocenters. The van der Waals surface area contributed by atoms with Gasteiger partial charge in [0.1, 0.15) is 23.3 Å². The Labute approximate surface area is 216 Å². The molecule has 1 aliphatic heterocycles. The summed E-state index contributed by atoms with van der Waals surface area (Å²) in [6, 6.07) is 16.2. The largest absolute Gasteiger partial charge is 0.507 e. The van der Waals surface area contributed by atoms with Crippen molar-refractivity contribution in [3.63, 3.8) is 0 Å². The molecule has 0 saturated carbocycles. The minimum atomic E-state index is -1.01. The molecule has 1 aromatic heterocycles. The molecule has 0 spiro atoms. The number of anilines is 1. The van der Waals surface area contributed by atoms with Crippen LogP contribution in [0.5, 0.6) is 11.5 Å². The van der Waals surface area contributed by atoms with Gasteiger partial charge in [-0.25, -0.2) is 4.98 Å². The fourth-order valence-corrected chi connectivity index (χ4v) is 5.48. The quantitative estimate of drug-likeness (QED) is 0.200. The van der Waals surface area contributed by atoms with Gasteiger partial charge in [-0.1, -0.05) is 29.0 Å². The number of ketones is 1. The fraction of sp³-hybridized carbons (Fsp3) is 0.148. The molecule has 1 aliphatic rings. The highest BCUT2D eigenvalue weighted by Crippen LogP contribution is 2.47. The van der Waals surface area contributed by atoms with Crippen molar-refractivity contribution in [2.45, 2.75) is 13.0 Å². The Morgan fingerprint density at radius 2 is 1.78 bits per heavy atom. The minimum absolute atomic E-state index is 0.0793. The van der Waals surface area contributed by atoms with Crippen molar-refractivity contribution in [1.82, 2.24) is 4.98 Å². The summed E-state index contributed by atoms with van der Waals surface area (Å²) in [7, 11) is 3.02. The standard InChI is InChI=1S/C27H21ClN2O5S/c1-14-4-10-19-21(12-14)36-27(29-19)30-23(18-13-17(34-2)9-11-20(18)35-3)22(25(32)26(30)33)24(31)15-5-7-16(28)8-6-15/h4-13,23,31H,1-3H3. The third-order valence-corrected chi connectivity index (χ3v) is 7.30. The maximum Gasteiger partial charge on any atom is 0.301 e. The minimum Gasteiger partial charge on any atom is -0.507 e.